The highest BCUT2D eigenvalue weighted by molar-refractivity contribution is 9.10. The van der Waals surface area contributed by atoms with Crippen molar-refractivity contribution in [1.29, 1.82) is 0 Å². The van der Waals surface area contributed by atoms with Crippen LogP contribution in [0.1, 0.15) is 36.8 Å². The van der Waals surface area contributed by atoms with Crippen LogP contribution >= 0.6 is 15.9 Å². The van der Waals surface area contributed by atoms with Crippen molar-refractivity contribution in [3.63, 3.8) is 0 Å². The third kappa shape index (κ3) is 3.58. The summed E-state index contributed by atoms with van der Waals surface area (Å²) in [4.78, 5) is 25.7. The van der Waals surface area contributed by atoms with Crippen molar-refractivity contribution in [1.82, 2.24) is 4.90 Å². The second-order valence-electron chi connectivity index (χ2n) is 6.13. The molecule has 1 fully saturated rings. The monoisotopic (exact) mass is 381 g/mol. The van der Waals surface area contributed by atoms with E-state index in [4.69, 9.17) is 4.74 Å². The first kappa shape index (κ1) is 16.5. The lowest BCUT2D eigenvalue weighted by Gasteiger charge is -2.35. The standard InChI is InChI=1S/C17H20BrNO4/c18-14-5-1-3-11-10-19(15(17(21)22)9-13(11)14)16(20)7-6-12-4-2-8-23-12/h1,3,5,12,15H,2,4,6-10H2,(H,21,22). The van der Waals surface area contributed by atoms with Gasteiger partial charge in [-0.1, -0.05) is 28.1 Å². The Morgan fingerprint density at radius 1 is 1.39 bits per heavy atom. The van der Waals surface area contributed by atoms with Crippen LogP contribution < -0.4 is 0 Å². The second kappa shape index (κ2) is 7.01. The lowest BCUT2D eigenvalue weighted by molar-refractivity contribution is -0.151. The molecule has 5 nitrogen and oxygen atoms in total. The summed E-state index contributed by atoms with van der Waals surface area (Å²) in [5, 5.41) is 9.52. The predicted octanol–water partition coefficient (Wildman–Crippen LogP) is 2.75. The molecule has 1 N–H and O–H groups in total. The molecule has 2 heterocycles. The molecule has 2 unspecified atom stereocenters. The van der Waals surface area contributed by atoms with Gasteiger partial charge in [-0.2, -0.15) is 0 Å². The second-order valence-corrected chi connectivity index (χ2v) is 6.99. The van der Waals surface area contributed by atoms with Crippen LogP contribution in [-0.2, 0) is 27.3 Å². The number of aliphatic carboxylic acids is 1. The third-order valence-electron chi connectivity index (χ3n) is 4.64. The summed E-state index contributed by atoms with van der Waals surface area (Å²) < 4.78 is 6.45. The van der Waals surface area contributed by atoms with Crippen molar-refractivity contribution in [3.8, 4) is 0 Å². The number of amides is 1. The number of hydrogen-bond donors (Lipinski definition) is 1. The Balaban J connectivity index is 1.73. The molecule has 0 aromatic heterocycles. The van der Waals surface area contributed by atoms with Crippen LogP contribution in [0.4, 0.5) is 0 Å². The quantitative estimate of drug-likeness (QED) is 0.870. The van der Waals surface area contributed by atoms with Gasteiger partial charge in [-0.25, -0.2) is 4.79 Å². The van der Waals surface area contributed by atoms with E-state index >= 15 is 0 Å². The van der Waals surface area contributed by atoms with Crippen LogP contribution in [0.5, 0.6) is 0 Å². The number of carboxylic acids is 1. The highest BCUT2D eigenvalue weighted by atomic mass is 79.9. The van der Waals surface area contributed by atoms with Gasteiger partial charge in [0.2, 0.25) is 5.91 Å². The van der Waals surface area contributed by atoms with E-state index in [2.05, 4.69) is 15.9 Å². The average Bonchev–Trinajstić information content (AvgIpc) is 3.05. The highest BCUT2D eigenvalue weighted by Gasteiger charge is 2.35. The molecule has 0 saturated carbocycles. The van der Waals surface area contributed by atoms with Gasteiger partial charge in [-0.05, 0) is 36.5 Å². The fourth-order valence-electron chi connectivity index (χ4n) is 3.36. The molecule has 23 heavy (non-hydrogen) atoms. The minimum atomic E-state index is -0.947. The van der Waals surface area contributed by atoms with Crippen LogP contribution in [-0.4, -0.2) is 40.6 Å². The Kier molecular flexibility index (Phi) is 5.02. The van der Waals surface area contributed by atoms with E-state index in [0.717, 1.165) is 35.0 Å². The maximum absolute atomic E-state index is 12.6. The topological polar surface area (TPSA) is 66.8 Å². The van der Waals surface area contributed by atoms with Gasteiger partial charge in [0.1, 0.15) is 6.04 Å². The minimum absolute atomic E-state index is 0.0986. The van der Waals surface area contributed by atoms with Gasteiger partial charge >= 0.3 is 5.97 Å². The van der Waals surface area contributed by atoms with E-state index in [9.17, 15) is 14.7 Å². The normalized spacial score (nSPS) is 23.6. The Hall–Kier alpha value is -1.40. The number of ether oxygens (including phenoxy) is 1. The summed E-state index contributed by atoms with van der Waals surface area (Å²) in [5.41, 5.74) is 2.01. The fraction of sp³-hybridized carbons (Fsp3) is 0.529. The largest absolute Gasteiger partial charge is 0.480 e. The van der Waals surface area contributed by atoms with Gasteiger partial charge in [0.05, 0.1) is 6.10 Å². The first-order valence-corrected chi connectivity index (χ1v) is 8.75. The number of carbonyl (C=O) groups is 2. The SMILES string of the molecule is O=C(O)C1Cc2c(Br)cccc2CN1C(=O)CCC1CCCO1. The molecule has 124 valence electrons. The van der Waals surface area contributed by atoms with Gasteiger partial charge in [0.25, 0.3) is 0 Å². The summed E-state index contributed by atoms with van der Waals surface area (Å²) >= 11 is 3.48. The predicted molar refractivity (Wildman–Crippen MR) is 88.0 cm³/mol. The number of fused-ring (bicyclic) bond motifs is 1. The van der Waals surface area contributed by atoms with E-state index in [-0.39, 0.29) is 12.0 Å². The molecule has 1 aromatic rings. The number of rotatable bonds is 4. The Bertz CT molecular complexity index is 613. The molecule has 2 aliphatic rings. The van der Waals surface area contributed by atoms with Crippen LogP contribution in [0.3, 0.4) is 0 Å². The number of benzene rings is 1. The van der Waals surface area contributed by atoms with Gasteiger partial charge in [-0.3, -0.25) is 4.79 Å². The molecule has 2 atom stereocenters. The Morgan fingerprint density at radius 2 is 2.22 bits per heavy atom. The van der Waals surface area contributed by atoms with Crippen LogP contribution in [0, 0.1) is 0 Å². The maximum atomic E-state index is 12.6. The zero-order chi connectivity index (χ0) is 16.4. The van der Waals surface area contributed by atoms with E-state index in [1.807, 2.05) is 18.2 Å². The summed E-state index contributed by atoms with van der Waals surface area (Å²) in [7, 11) is 0. The van der Waals surface area contributed by atoms with Gasteiger partial charge in [0.15, 0.2) is 0 Å². The zero-order valence-electron chi connectivity index (χ0n) is 12.8. The lowest BCUT2D eigenvalue weighted by atomic mass is 9.93. The molecule has 0 bridgehead atoms. The van der Waals surface area contributed by atoms with Crippen LogP contribution in [0.2, 0.25) is 0 Å². The third-order valence-corrected chi connectivity index (χ3v) is 5.38. The average molecular weight is 382 g/mol. The summed E-state index contributed by atoms with van der Waals surface area (Å²) in [6, 6.07) is 4.99. The summed E-state index contributed by atoms with van der Waals surface area (Å²) in [6.45, 7) is 1.12. The highest BCUT2D eigenvalue weighted by Crippen LogP contribution is 2.30. The van der Waals surface area contributed by atoms with E-state index in [0.29, 0.717) is 25.8 Å². The fourth-order valence-corrected chi connectivity index (χ4v) is 3.93. The smallest absolute Gasteiger partial charge is 0.326 e. The first-order chi connectivity index (χ1) is 11.1. The van der Waals surface area contributed by atoms with E-state index in [1.165, 1.54) is 4.90 Å². The van der Waals surface area contributed by atoms with Crippen molar-refractivity contribution in [2.75, 3.05) is 6.61 Å². The number of halogens is 1. The maximum Gasteiger partial charge on any atom is 0.326 e. The lowest BCUT2D eigenvalue weighted by Crippen LogP contribution is -2.48. The van der Waals surface area contributed by atoms with Crippen molar-refractivity contribution < 1.29 is 19.4 Å². The van der Waals surface area contributed by atoms with Gasteiger partial charge in [0, 0.05) is 30.5 Å². The molecule has 1 amide bonds. The molecular formula is C17H20BrNO4. The van der Waals surface area contributed by atoms with Gasteiger partial charge in [-0.15, -0.1) is 0 Å². The van der Waals surface area contributed by atoms with Crippen molar-refractivity contribution in [3.05, 3.63) is 33.8 Å². The van der Waals surface area contributed by atoms with Crippen molar-refractivity contribution in [2.24, 2.45) is 0 Å². The molecule has 0 spiro atoms. The zero-order valence-corrected chi connectivity index (χ0v) is 14.4. The Morgan fingerprint density at radius 3 is 2.91 bits per heavy atom. The molecule has 0 aliphatic carbocycles. The van der Waals surface area contributed by atoms with E-state index < -0.39 is 12.0 Å². The van der Waals surface area contributed by atoms with Crippen LogP contribution in [0.15, 0.2) is 22.7 Å². The van der Waals surface area contributed by atoms with Crippen molar-refractivity contribution in [2.45, 2.75) is 50.8 Å². The number of carbonyl (C=O) groups excluding carboxylic acids is 1. The molecular weight excluding hydrogens is 362 g/mol. The molecule has 6 heteroatoms. The van der Waals surface area contributed by atoms with Crippen molar-refractivity contribution >= 4 is 27.8 Å². The molecule has 0 radical (unpaired) electrons. The van der Waals surface area contributed by atoms with Gasteiger partial charge < -0.3 is 14.7 Å². The molecule has 3 rings (SSSR count). The summed E-state index contributed by atoms with van der Waals surface area (Å²) in [5.74, 6) is -1.05. The number of carboxylic acid groups (broad SMARTS) is 1. The Labute approximate surface area is 143 Å². The molecule has 1 aromatic carbocycles. The first-order valence-electron chi connectivity index (χ1n) is 7.96. The molecule has 1 saturated heterocycles. The van der Waals surface area contributed by atoms with E-state index in [1.54, 1.807) is 0 Å². The molecule has 2 aliphatic heterocycles. The van der Waals surface area contributed by atoms with Crippen LogP contribution in [0.25, 0.3) is 0 Å². The number of hydrogen-bond acceptors (Lipinski definition) is 3. The summed E-state index contributed by atoms with van der Waals surface area (Å²) in [6.07, 6.45) is 3.55. The number of nitrogens with zero attached hydrogens (tertiary/aromatic N) is 1. The minimum Gasteiger partial charge on any atom is -0.480 e.